The number of rotatable bonds is 4. The van der Waals surface area contributed by atoms with Gasteiger partial charge in [-0.3, -0.25) is 0 Å². The Hall–Kier alpha value is -0.380. The van der Waals surface area contributed by atoms with E-state index in [2.05, 4.69) is 33.4 Å². The number of hydrogen-bond donors (Lipinski definition) is 1. The first-order valence-corrected chi connectivity index (χ1v) is 4.99. The fourth-order valence-corrected chi connectivity index (χ4v) is 1.65. The highest BCUT2D eigenvalue weighted by Crippen LogP contribution is 2.17. The first-order chi connectivity index (χ1) is 6.27. The summed E-state index contributed by atoms with van der Waals surface area (Å²) in [4.78, 5) is 0. The maximum absolute atomic E-state index is 5.11. The molecule has 72 valence electrons. The zero-order valence-corrected chi connectivity index (χ0v) is 9.47. The van der Waals surface area contributed by atoms with E-state index in [1.165, 1.54) is 5.56 Å². The lowest BCUT2D eigenvalue weighted by atomic mass is 10.1. The van der Waals surface area contributed by atoms with Gasteiger partial charge < -0.3 is 10.1 Å². The zero-order chi connectivity index (χ0) is 9.68. The molecule has 3 heteroatoms. The van der Waals surface area contributed by atoms with Gasteiger partial charge in [0, 0.05) is 11.6 Å². The van der Waals surface area contributed by atoms with Crippen molar-refractivity contribution in [2.75, 3.05) is 20.8 Å². The molecule has 1 atom stereocenters. The number of nitrogens with one attached hydrogen (secondary N) is 1. The molecule has 0 radical (unpaired) electrons. The molecular formula is C10H14BrNO. The summed E-state index contributed by atoms with van der Waals surface area (Å²) in [6, 6.07) is 8.50. The molecule has 1 N–H and O–H groups in total. The Kier molecular flexibility index (Phi) is 4.42. The van der Waals surface area contributed by atoms with Crippen molar-refractivity contribution >= 4 is 15.9 Å². The van der Waals surface area contributed by atoms with Crippen LogP contribution in [0.25, 0.3) is 0 Å². The van der Waals surface area contributed by atoms with Crippen LogP contribution < -0.4 is 5.32 Å². The van der Waals surface area contributed by atoms with Crippen LogP contribution >= 0.6 is 15.9 Å². The monoisotopic (exact) mass is 243 g/mol. The van der Waals surface area contributed by atoms with Crippen molar-refractivity contribution in [1.29, 1.82) is 0 Å². The van der Waals surface area contributed by atoms with Gasteiger partial charge in [0.2, 0.25) is 0 Å². The van der Waals surface area contributed by atoms with Gasteiger partial charge >= 0.3 is 0 Å². The Balaban J connectivity index is 2.78. The molecule has 1 aromatic rings. The highest BCUT2D eigenvalue weighted by molar-refractivity contribution is 9.10. The van der Waals surface area contributed by atoms with Gasteiger partial charge in [0.1, 0.15) is 0 Å². The Morgan fingerprint density at radius 1 is 1.54 bits per heavy atom. The minimum atomic E-state index is 0.266. The van der Waals surface area contributed by atoms with Crippen LogP contribution in [0, 0.1) is 0 Å². The smallest absolute Gasteiger partial charge is 0.0657 e. The second-order valence-corrected chi connectivity index (χ2v) is 3.77. The average molecular weight is 244 g/mol. The van der Waals surface area contributed by atoms with Crippen molar-refractivity contribution in [2.24, 2.45) is 0 Å². The molecule has 0 amide bonds. The number of benzene rings is 1. The Labute approximate surface area is 87.4 Å². The summed E-state index contributed by atoms with van der Waals surface area (Å²) in [6.45, 7) is 0.687. The fourth-order valence-electron chi connectivity index (χ4n) is 1.24. The minimum Gasteiger partial charge on any atom is -0.383 e. The lowest BCUT2D eigenvalue weighted by Gasteiger charge is -2.15. The summed E-state index contributed by atoms with van der Waals surface area (Å²) < 4.78 is 6.21. The van der Waals surface area contributed by atoms with Crippen LogP contribution in [0.4, 0.5) is 0 Å². The zero-order valence-electron chi connectivity index (χ0n) is 7.88. The van der Waals surface area contributed by atoms with Crippen molar-refractivity contribution in [3.63, 3.8) is 0 Å². The van der Waals surface area contributed by atoms with Crippen molar-refractivity contribution in [3.8, 4) is 0 Å². The van der Waals surface area contributed by atoms with Crippen LogP contribution in [-0.2, 0) is 4.74 Å². The van der Waals surface area contributed by atoms with E-state index in [-0.39, 0.29) is 6.04 Å². The molecule has 1 unspecified atom stereocenters. The van der Waals surface area contributed by atoms with E-state index in [1.54, 1.807) is 7.11 Å². The molecule has 0 heterocycles. The highest BCUT2D eigenvalue weighted by Gasteiger charge is 2.07. The summed E-state index contributed by atoms with van der Waals surface area (Å²) in [5.41, 5.74) is 1.23. The maximum atomic E-state index is 5.11. The topological polar surface area (TPSA) is 21.3 Å². The normalized spacial score (nSPS) is 12.8. The maximum Gasteiger partial charge on any atom is 0.0657 e. The van der Waals surface area contributed by atoms with Crippen molar-refractivity contribution in [1.82, 2.24) is 5.32 Å². The first kappa shape index (κ1) is 10.7. The van der Waals surface area contributed by atoms with Crippen LogP contribution in [0.3, 0.4) is 0 Å². The second-order valence-electron chi connectivity index (χ2n) is 2.85. The van der Waals surface area contributed by atoms with E-state index < -0.39 is 0 Å². The van der Waals surface area contributed by atoms with E-state index in [0.29, 0.717) is 6.61 Å². The van der Waals surface area contributed by atoms with E-state index in [9.17, 15) is 0 Å². The molecule has 0 spiro atoms. The second kappa shape index (κ2) is 5.37. The summed E-state index contributed by atoms with van der Waals surface area (Å²) in [7, 11) is 3.65. The number of ether oxygens (including phenoxy) is 1. The summed E-state index contributed by atoms with van der Waals surface area (Å²) in [5.74, 6) is 0. The van der Waals surface area contributed by atoms with Crippen molar-refractivity contribution in [3.05, 3.63) is 34.3 Å². The van der Waals surface area contributed by atoms with Crippen LogP contribution in [-0.4, -0.2) is 20.8 Å². The summed E-state index contributed by atoms with van der Waals surface area (Å²) >= 11 is 3.44. The molecule has 0 fully saturated rings. The fraction of sp³-hybridized carbons (Fsp3) is 0.400. The number of likely N-dealkylation sites (N-methyl/N-ethyl adjacent to an activating group) is 1. The standard InChI is InChI=1S/C10H14BrNO/c1-12-10(7-13-2)8-4-3-5-9(11)6-8/h3-6,10,12H,7H2,1-2H3. The number of halogens is 1. The SMILES string of the molecule is CNC(COC)c1cccc(Br)c1. The van der Waals surface area contributed by atoms with Gasteiger partial charge in [-0.05, 0) is 24.7 Å². The number of hydrogen-bond acceptors (Lipinski definition) is 2. The summed E-state index contributed by atoms with van der Waals surface area (Å²) in [6.07, 6.45) is 0. The van der Waals surface area contributed by atoms with E-state index >= 15 is 0 Å². The van der Waals surface area contributed by atoms with Crippen LogP contribution in [0.5, 0.6) is 0 Å². The third-order valence-corrected chi connectivity index (χ3v) is 2.43. The quantitative estimate of drug-likeness (QED) is 0.877. The summed E-state index contributed by atoms with van der Waals surface area (Å²) in [5, 5.41) is 3.20. The lowest BCUT2D eigenvalue weighted by molar-refractivity contribution is 0.170. The van der Waals surface area contributed by atoms with Gasteiger partial charge in [-0.1, -0.05) is 28.1 Å². The average Bonchev–Trinajstić information content (AvgIpc) is 2.14. The minimum absolute atomic E-state index is 0.266. The predicted octanol–water partition coefficient (Wildman–Crippen LogP) is 2.36. The van der Waals surface area contributed by atoms with Gasteiger partial charge in [0.15, 0.2) is 0 Å². The van der Waals surface area contributed by atoms with Gasteiger partial charge in [0.05, 0.1) is 12.6 Å². The van der Waals surface area contributed by atoms with Crippen molar-refractivity contribution < 1.29 is 4.74 Å². The molecule has 0 aliphatic rings. The molecule has 1 rings (SSSR count). The molecule has 1 aromatic carbocycles. The van der Waals surface area contributed by atoms with Gasteiger partial charge in [-0.25, -0.2) is 0 Å². The Morgan fingerprint density at radius 3 is 2.85 bits per heavy atom. The molecule has 0 saturated heterocycles. The van der Waals surface area contributed by atoms with E-state index in [1.807, 2.05) is 19.2 Å². The largest absolute Gasteiger partial charge is 0.383 e. The van der Waals surface area contributed by atoms with Gasteiger partial charge in [-0.15, -0.1) is 0 Å². The molecule has 0 aliphatic carbocycles. The molecule has 13 heavy (non-hydrogen) atoms. The van der Waals surface area contributed by atoms with Crippen LogP contribution in [0.15, 0.2) is 28.7 Å². The van der Waals surface area contributed by atoms with Gasteiger partial charge in [0.25, 0.3) is 0 Å². The van der Waals surface area contributed by atoms with Crippen LogP contribution in [0.1, 0.15) is 11.6 Å². The Bertz CT molecular complexity index is 265. The first-order valence-electron chi connectivity index (χ1n) is 4.19. The van der Waals surface area contributed by atoms with Crippen molar-refractivity contribution in [2.45, 2.75) is 6.04 Å². The molecule has 0 saturated carbocycles. The van der Waals surface area contributed by atoms with Crippen LogP contribution in [0.2, 0.25) is 0 Å². The third-order valence-electron chi connectivity index (χ3n) is 1.93. The molecule has 2 nitrogen and oxygen atoms in total. The molecular weight excluding hydrogens is 230 g/mol. The predicted molar refractivity (Wildman–Crippen MR) is 57.8 cm³/mol. The molecule has 0 aliphatic heterocycles. The molecule has 0 aromatic heterocycles. The van der Waals surface area contributed by atoms with E-state index in [4.69, 9.17) is 4.74 Å². The highest BCUT2D eigenvalue weighted by atomic mass is 79.9. The third kappa shape index (κ3) is 3.10. The Morgan fingerprint density at radius 2 is 2.31 bits per heavy atom. The van der Waals surface area contributed by atoms with E-state index in [0.717, 1.165) is 4.47 Å². The van der Waals surface area contributed by atoms with Gasteiger partial charge in [-0.2, -0.15) is 0 Å². The lowest BCUT2D eigenvalue weighted by Crippen LogP contribution is -2.20. The molecule has 0 bridgehead atoms. The number of methoxy groups -OCH3 is 1.